The molecule has 0 heterocycles. The number of rotatable bonds is 3. The predicted octanol–water partition coefficient (Wildman–Crippen LogP) is 5.13. The van der Waals surface area contributed by atoms with E-state index < -0.39 is 0 Å². The first kappa shape index (κ1) is 14.0. The molecule has 1 nitrogen and oxygen atoms in total. The van der Waals surface area contributed by atoms with Crippen molar-refractivity contribution in [3.8, 4) is 0 Å². The van der Waals surface area contributed by atoms with Gasteiger partial charge in [-0.3, -0.25) is 4.79 Å². The SMILES string of the molecule is O=C(Cc1ccccc1Cl)c1cc(Br)ccc1I. The molecule has 0 atom stereocenters. The van der Waals surface area contributed by atoms with Crippen molar-refractivity contribution in [3.63, 3.8) is 0 Å². The summed E-state index contributed by atoms with van der Waals surface area (Å²) < 4.78 is 1.86. The van der Waals surface area contributed by atoms with E-state index in [1.807, 2.05) is 36.4 Å². The highest BCUT2D eigenvalue weighted by atomic mass is 127. The highest BCUT2D eigenvalue weighted by Gasteiger charge is 2.12. The fourth-order valence-electron chi connectivity index (χ4n) is 1.62. The van der Waals surface area contributed by atoms with Gasteiger partial charge >= 0.3 is 0 Å². The lowest BCUT2D eigenvalue weighted by Crippen LogP contribution is -2.06. The summed E-state index contributed by atoms with van der Waals surface area (Å²) in [6.45, 7) is 0. The number of carbonyl (C=O) groups is 1. The molecule has 0 spiro atoms. The monoisotopic (exact) mass is 434 g/mol. The van der Waals surface area contributed by atoms with Gasteiger partial charge in [-0.2, -0.15) is 0 Å². The minimum Gasteiger partial charge on any atom is -0.294 e. The molecule has 0 saturated heterocycles. The van der Waals surface area contributed by atoms with Crippen molar-refractivity contribution in [2.75, 3.05) is 0 Å². The zero-order valence-electron chi connectivity index (χ0n) is 9.29. The number of Topliss-reactive ketones (excluding diaryl/α,β-unsaturated/α-hetero) is 1. The Bertz CT molecular complexity index is 598. The molecule has 0 aliphatic rings. The lowest BCUT2D eigenvalue weighted by molar-refractivity contribution is 0.0992. The molecule has 0 aliphatic heterocycles. The van der Waals surface area contributed by atoms with Crippen molar-refractivity contribution in [1.29, 1.82) is 0 Å². The zero-order valence-corrected chi connectivity index (χ0v) is 13.8. The van der Waals surface area contributed by atoms with Gasteiger partial charge in [-0.25, -0.2) is 0 Å². The lowest BCUT2D eigenvalue weighted by atomic mass is 10.0. The van der Waals surface area contributed by atoms with Crippen molar-refractivity contribution >= 4 is 55.9 Å². The van der Waals surface area contributed by atoms with Gasteiger partial charge in [-0.15, -0.1) is 0 Å². The normalized spacial score (nSPS) is 10.4. The van der Waals surface area contributed by atoms with Crippen LogP contribution < -0.4 is 0 Å². The molecule has 4 heteroatoms. The maximum atomic E-state index is 12.3. The second kappa shape index (κ2) is 6.17. The van der Waals surface area contributed by atoms with Crippen molar-refractivity contribution in [3.05, 3.63) is 66.7 Å². The van der Waals surface area contributed by atoms with E-state index in [0.29, 0.717) is 11.4 Å². The van der Waals surface area contributed by atoms with Gasteiger partial charge in [0.1, 0.15) is 0 Å². The number of benzene rings is 2. The smallest absolute Gasteiger partial charge is 0.168 e. The van der Waals surface area contributed by atoms with E-state index in [-0.39, 0.29) is 5.78 Å². The van der Waals surface area contributed by atoms with Gasteiger partial charge in [-0.1, -0.05) is 45.7 Å². The van der Waals surface area contributed by atoms with Crippen LogP contribution in [0.25, 0.3) is 0 Å². The first-order chi connectivity index (χ1) is 8.58. The highest BCUT2D eigenvalue weighted by molar-refractivity contribution is 14.1. The van der Waals surface area contributed by atoms with Crippen LogP contribution in [0.4, 0.5) is 0 Å². The number of hydrogen-bond donors (Lipinski definition) is 0. The van der Waals surface area contributed by atoms with Gasteiger partial charge in [0.05, 0.1) is 0 Å². The number of halogens is 3. The first-order valence-corrected chi connectivity index (χ1v) is 7.54. The van der Waals surface area contributed by atoms with Crippen molar-refractivity contribution in [1.82, 2.24) is 0 Å². The third-order valence-corrected chi connectivity index (χ3v) is 4.34. The van der Waals surface area contributed by atoms with Crippen LogP contribution in [0.1, 0.15) is 15.9 Å². The molecule has 0 aromatic heterocycles. The zero-order chi connectivity index (χ0) is 13.1. The highest BCUT2D eigenvalue weighted by Crippen LogP contribution is 2.22. The average Bonchev–Trinajstić information content (AvgIpc) is 2.35. The van der Waals surface area contributed by atoms with Crippen LogP contribution in [0.2, 0.25) is 5.02 Å². The minimum atomic E-state index is 0.0776. The Morgan fingerprint density at radius 3 is 2.67 bits per heavy atom. The van der Waals surface area contributed by atoms with E-state index in [0.717, 1.165) is 19.2 Å². The Kier molecular flexibility index (Phi) is 4.81. The van der Waals surface area contributed by atoms with Gasteiger partial charge < -0.3 is 0 Å². The van der Waals surface area contributed by atoms with Crippen LogP contribution in [0.5, 0.6) is 0 Å². The standard InChI is InChI=1S/C14H9BrClIO/c15-10-5-6-13(17)11(8-10)14(18)7-9-3-1-2-4-12(9)16/h1-6,8H,7H2. The molecule has 92 valence electrons. The summed E-state index contributed by atoms with van der Waals surface area (Å²) in [5.74, 6) is 0.0776. The molecule has 2 aromatic rings. The van der Waals surface area contributed by atoms with Crippen LogP contribution in [-0.4, -0.2) is 5.78 Å². The van der Waals surface area contributed by atoms with Crippen molar-refractivity contribution in [2.24, 2.45) is 0 Å². The molecule has 0 bridgehead atoms. The van der Waals surface area contributed by atoms with E-state index in [1.165, 1.54) is 0 Å². The van der Waals surface area contributed by atoms with E-state index in [2.05, 4.69) is 38.5 Å². The third-order valence-electron chi connectivity index (χ3n) is 2.54. The van der Waals surface area contributed by atoms with E-state index in [1.54, 1.807) is 6.07 Å². The summed E-state index contributed by atoms with van der Waals surface area (Å²) in [6.07, 6.45) is 0.326. The maximum Gasteiger partial charge on any atom is 0.168 e. The summed E-state index contributed by atoms with van der Waals surface area (Å²) in [6, 6.07) is 13.1. The van der Waals surface area contributed by atoms with Gasteiger partial charge in [0.15, 0.2) is 5.78 Å². The fourth-order valence-corrected chi connectivity index (χ4v) is 2.82. The Morgan fingerprint density at radius 1 is 1.22 bits per heavy atom. The second-order valence-corrected chi connectivity index (χ2v) is 6.30. The van der Waals surface area contributed by atoms with E-state index >= 15 is 0 Å². The molecule has 0 unspecified atom stereocenters. The van der Waals surface area contributed by atoms with Crippen LogP contribution in [-0.2, 0) is 6.42 Å². The van der Waals surface area contributed by atoms with Gasteiger partial charge in [0.25, 0.3) is 0 Å². The van der Waals surface area contributed by atoms with Gasteiger partial charge in [0, 0.05) is 25.0 Å². The largest absolute Gasteiger partial charge is 0.294 e. The van der Waals surface area contributed by atoms with Crippen molar-refractivity contribution in [2.45, 2.75) is 6.42 Å². The Labute approximate surface area is 133 Å². The van der Waals surface area contributed by atoms with Gasteiger partial charge in [-0.05, 0) is 52.4 Å². The number of ketones is 1. The van der Waals surface area contributed by atoms with E-state index in [4.69, 9.17) is 11.6 Å². The summed E-state index contributed by atoms with van der Waals surface area (Å²) in [7, 11) is 0. The Morgan fingerprint density at radius 2 is 1.94 bits per heavy atom. The van der Waals surface area contributed by atoms with Crippen LogP contribution in [0.3, 0.4) is 0 Å². The summed E-state index contributed by atoms with van der Waals surface area (Å²) in [4.78, 5) is 12.3. The molecule has 2 aromatic carbocycles. The second-order valence-electron chi connectivity index (χ2n) is 3.82. The quantitative estimate of drug-likeness (QED) is 0.482. The van der Waals surface area contributed by atoms with Gasteiger partial charge in [0.2, 0.25) is 0 Å². The fraction of sp³-hybridized carbons (Fsp3) is 0.0714. The summed E-state index contributed by atoms with van der Waals surface area (Å²) in [5.41, 5.74) is 1.59. The molecule has 0 fully saturated rings. The topological polar surface area (TPSA) is 17.1 Å². The first-order valence-electron chi connectivity index (χ1n) is 5.29. The van der Waals surface area contributed by atoms with Crippen LogP contribution >= 0.6 is 50.1 Å². The van der Waals surface area contributed by atoms with Crippen molar-refractivity contribution < 1.29 is 4.79 Å². The molecular weight excluding hydrogens is 426 g/mol. The van der Waals surface area contributed by atoms with E-state index in [9.17, 15) is 4.79 Å². The molecule has 18 heavy (non-hydrogen) atoms. The summed E-state index contributed by atoms with van der Waals surface area (Å²) in [5, 5.41) is 0.635. The summed E-state index contributed by atoms with van der Waals surface area (Å²) >= 11 is 11.6. The molecule has 0 N–H and O–H groups in total. The maximum absolute atomic E-state index is 12.3. The van der Waals surface area contributed by atoms with Crippen LogP contribution in [0.15, 0.2) is 46.9 Å². The Balaban J connectivity index is 2.28. The molecule has 0 amide bonds. The predicted molar refractivity (Wildman–Crippen MR) is 86.3 cm³/mol. The Hall–Kier alpha value is -0.390. The minimum absolute atomic E-state index is 0.0776. The molecular formula is C14H9BrClIO. The average molecular weight is 435 g/mol. The third kappa shape index (κ3) is 3.33. The molecule has 0 saturated carbocycles. The molecule has 2 rings (SSSR count). The molecule has 0 radical (unpaired) electrons. The molecule has 0 aliphatic carbocycles. The van der Waals surface area contributed by atoms with Crippen LogP contribution in [0, 0.1) is 3.57 Å². The number of carbonyl (C=O) groups excluding carboxylic acids is 1. The number of hydrogen-bond acceptors (Lipinski definition) is 1. The lowest BCUT2D eigenvalue weighted by Gasteiger charge is -2.06.